The molecule has 33 heavy (non-hydrogen) atoms. The average molecular weight is 478 g/mol. The summed E-state index contributed by atoms with van der Waals surface area (Å²) in [5.74, 6) is -2.10. The summed E-state index contributed by atoms with van der Waals surface area (Å²) in [7, 11) is -3.44. The Morgan fingerprint density at radius 1 is 0.788 bits per heavy atom. The predicted octanol–water partition coefficient (Wildman–Crippen LogP) is 5.91. The number of nitrogens with zero attached hydrogens (tertiary/aromatic N) is 2. The van der Waals surface area contributed by atoms with Crippen molar-refractivity contribution in [2.45, 2.75) is 11.1 Å². The predicted molar refractivity (Wildman–Crippen MR) is 112 cm³/mol. The first-order valence-corrected chi connectivity index (χ1v) is 11.4. The molecule has 0 saturated heterocycles. The third kappa shape index (κ3) is 4.65. The van der Waals surface area contributed by atoms with Crippen LogP contribution in [0.3, 0.4) is 0 Å². The molecule has 0 fully saturated rings. The fourth-order valence-corrected chi connectivity index (χ4v) is 3.88. The summed E-state index contributed by atoms with van der Waals surface area (Å²) in [6.07, 6.45) is -3.44. The highest BCUT2D eigenvalue weighted by Gasteiger charge is 2.30. The van der Waals surface area contributed by atoms with E-state index in [2.05, 4.69) is 5.10 Å². The molecule has 4 aromatic rings. The summed E-state index contributed by atoms with van der Waals surface area (Å²) in [5.41, 5.74) is 0.860. The first kappa shape index (κ1) is 22.7. The van der Waals surface area contributed by atoms with Gasteiger partial charge in [-0.05, 0) is 60.7 Å². The molecule has 0 atom stereocenters. The van der Waals surface area contributed by atoms with Crippen molar-refractivity contribution in [3.8, 4) is 28.2 Å². The van der Waals surface area contributed by atoms with E-state index in [1.165, 1.54) is 53.2 Å². The van der Waals surface area contributed by atoms with Crippen LogP contribution in [0.4, 0.5) is 22.0 Å². The highest BCUT2D eigenvalue weighted by Crippen LogP contribution is 2.33. The van der Waals surface area contributed by atoms with Crippen LogP contribution in [-0.4, -0.2) is 24.5 Å². The highest BCUT2D eigenvalue weighted by atomic mass is 32.2. The van der Waals surface area contributed by atoms with Crippen LogP contribution in [0.25, 0.3) is 28.2 Å². The van der Waals surface area contributed by atoms with Gasteiger partial charge in [-0.1, -0.05) is 12.1 Å². The van der Waals surface area contributed by atoms with Crippen LogP contribution in [-0.2, 0) is 16.0 Å². The van der Waals surface area contributed by atoms with Crippen molar-refractivity contribution in [3.05, 3.63) is 90.0 Å². The molecule has 4 nitrogen and oxygen atoms in total. The molecule has 0 aliphatic rings. The van der Waals surface area contributed by atoms with Gasteiger partial charge in [0.25, 0.3) is 0 Å². The van der Waals surface area contributed by atoms with Gasteiger partial charge in [-0.2, -0.15) is 18.3 Å². The van der Waals surface area contributed by atoms with Crippen molar-refractivity contribution >= 4 is 9.84 Å². The molecule has 10 heteroatoms. The van der Waals surface area contributed by atoms with Crippen LogP contribution in [0.2, 0.25) is 0 Å². The first-order valence-electron chi connectivity index (χ1n) is 9.47. The summed E-state index contributed by atoms with van der Waals surface area (Å²) in [4.78, 5) is 0.0790. The molecule has 0 amide bonds. The lowest BCUT2D eigenvalue weighted by Crippen LogP contribution is -2.05. The summed E-state index contributed by atoms with van der Waals surface area (Å²) < 4.78 is 90.9. The van der Waals surface area contributed by atoms with Gasteiger partial charge in [0, 0.05) is 17.4 Å². The summed E-state index contributed by atoms with van der Waals surface area (Å²) in [5, 5.41) is 4.42. The highest BCUT2D eigenvalue weighted by molar-refractivity contribution is 7.90. The van der Waals surface area contributed by atoms with E-state index in [9.17, 15) is 30.4 Å². The molecule has 170 valence electrons. The van der Waals surface area contributed by atoms with Gasteiger partial charge in [0.2, 0.25) is 0 Å². The Morgan fingerprint density at radius 3 is 1.94 bits per heavy atom. The Hall–Kier alpha value is -3.53. The van der Waals surface area contributed by atoms with Crippen LogP contribution in [0.5, 0.6) is 0 Å². The quantitative estimate of drug-likeness (QED) is 0.343. The molecule has 1 heterocycles. The van der Waals surface area contributed by atoms with Crippen LogP contribution in [0.1, 0.15) is 5.56 Å². The smallest absolute Gasteiger partial charge is 0.232 e. The Kier molecular flexibility index (Phi) is 5.57. The number of hydrogen-bond acceptors (Lipinski definition) is 3. The number of halogens is 5. The van der Waals surface area contributed by atoms with Crippen LogP contribution < -0.4 is 0 Å². The van der Waals surface area contributed by atoms with E-state index in [1.807, 2.05) is 0 Å². The maximum Gasteiger partial charge on any atom is 0.416 e. The number of sulfone groups is 1. The molecule has 0 saturated carbocycles. The lowest BCUT2D eigenvalue weighted by molar-refractivity contribution is -0.137. The molecular formula is C23H15F5N2O2S. The fourth-order valence-electron chi connectivity index (χ4n) is 3.24. The topological polar surface area (TPSA) is 52.0 Å². The van der Waals surface area contributed by atoms with Crippen molar-refractivity contribution < 1.29 is 30.4 Å². The van der Waals surface area contributed by atoms with Gasteiger partial charge < -0.3 is 0 Å². The second kappa shape index (κ2) is 8.11. The summed E-state index contributed by atoms with van der Waals surface area (Å²) in [6.45, 7) is 0. The zero-order valence-electron chi connectivity index (χ0n) is 16.9. The number of benzene rings is 3. The standard InChI is InChI=1S/C23H15F5N2O2S/c1-33(31,32)18-9-7-17(8-10-18)30-22(14-2-5-16(6-3-14)23(26,27)28)13-21(29-30)15-4-11-19(24)20(25)12-15/h2-13H,1H3. The maximum atomic E-state index is 13.8. The lowest BCUT2D eigenvalue weighted by Gasteiger charge is -2.10. The van der Waals surface area contributed by atoms with E-state index in [0.717, 1.165) is 30.5 Å². The van der Waals surface area contributed by atoms with Crippen LogP contribution in [0.15, 0.2) is 77.7 Å². The summed E-state index contributed by atoms with van der Waals surface area (Å²) >= 11 is 0. The number of alkyl halides is 3. The molecule has 0 radical (unpaired) electrons. The van der Waals surface area contributed by atoms with Crippen molar-refractivity contribution in [1.82, 2.24) is 9.78 Å². The Bertz CT molecular complexity index is 1430. The zero-order chi connectivity index (χ0) is 24.0. The van der Waals surface area contributed by atoms with Gasteiger partial charge in [0.1, 0.15) is 0 Å². The normalized spacial score (nSPS) is 12.2. The van der Waals surface area contributed by atoms with Gasteiger partial charge in [-0.25, -0.2) is 21.9 Å². The molecule has 1 aromatic heterocycles. The van der Waals surface area contributed by atoms with E-state index >= 15 is 0 Å². The van der Waals surface area contributed by atoms with Crippen molar-refractivity contribution in [2.24, 2.45) is 0 Å². The second-order valence-corrected chi connectivity index (χ2v) is 9.31. The first-order chi connectivity index (χ1) is 15.4. The third-order valence-corrected chi connectivity index (χ3v) is 6.07. The monoisotopic (exact) mass is 478 g/mol. The zero-order valence-corrected chi connectivity index (χ0v) is 17.8. The van der Waals surface area contributed by atoms with E-state index in [-0.39, 0.29) is 16.2 Å². The molecule has 4 rings (SSSR count). The van der Waals surface area contributed by atoms with Crippen molar-refractivity contribution in [1.29, 1.82) is 0 Å². The third-order valence-electron chi connectivity index (χ3n) is 4.94. The molecule has 0 spiro atoms. The molecule has 0 aliphatic heterocycles. The minimum atomic E-state index is -4.50. The Morgan fingerprint density at radius 2 is 1.39 bits per heavy atom. The van der Waals surface area contributed by atoms with Crippen LogP contribution >= 0.6 is 0 Å². The second-order valence-electron chi connectivity index (χ2n) is 7.30. The number of aromatic nitrogens is 2. The van der Waals surface area contributed by atoms with E-state index < -0.39 is 33.2 Å². The SMILES string of the molecule is CS(=O)(=O)c1ccc(-n2nc(-c3ccc(F)c(F)c3)cc2-c2ccc(C(F)(F)F)cc2)cc1. The molecular weight excluding hydrogens is 463 g/mol. The average Bonchev–Trinajstić information content (AvgIpc) is 3.20. The fraction of sp³-hybridized carbons (Fsp3) is 0.0870. The Labute approximate surface area is 185 Å². The molecule has 0 unspecified atom stereocenters. The lowest BCUT2D eigenvalue weighted by atomic mass is 10.1. The number of rotatable bonds is 4. The van der Waals surface area contributed by atoms with E-state index in [0.29, 0.717) is 16.9 Å². The largest absolute Gasteiger partial charge is 0.416 e. The molecule has 0 aliphatic carbocycles. The molecule has 0 N–H and O–H groups in total. The van der Waals surface area contributed by atoms with Gasteiger partial charge in [-0.15, -0.1) is 0 Å². The molecule has 3 aromatic carbocycles. The number of hydrogen-bond donors (Lipinski definition) is 0. The van der Waals surface area contributed by atoms with Gasteiger partial charge in [0.05, 0.1) is 27.5 Å². The van der Waals surface area contributed by atoms with Crippen molar-refractivity contribution in [3.63, 3.8) is 0 Å². The van der Waals surface area contributed by atoms with E-state index in [1.54, 1.807) is 0 Å². The molecule has 0 bridgehead atoms. The van der Waals surface area contributed by atoms with Crippen molar-refractivity contribution in [2.75, 3.05) is 6.26 Å². The van der Waals surface area contributed by atoms with E-state index in [4.69, 9.17) is 0 Å². The Balaban J connectivity index is 1.86. The minimum absolute atomic E-state index is 0.0790. The van der Waals surface area contributed by atoms with Crippen LogP contribution in [0, 0.1) is 11.6 Å². The van der Waals surface area contributed by atoms with Gasteiger partial charge >= 0.3 is 6.18 Å². The minimum Gasteiger partial charge on any atom is -0.232 e. The van der Waals surface area contributed by atoms with Gasteiger partial charge in [-0.3, -0.25) is 0 Å². The summed E-state index contributed by atoms with van der Waals surface area (Å²) in [6, 6.07) is 14.9. The maximum absolute atomic E-state index is 13.8. The van der Waals surface area contributed by atoms with Gasteiger partial charge in [0.15, 0.2) is 21.5 Å².